The van der Waals surface area contributed by atoms with Crippen LogP contribution in [-0.4, -0.2) is 11.1 Å². The first-order valence-electron chi connectivity index (χ1n) is 10.6. The number of ether oxygens (including phenoxy) is 1. The van der Waals surface area contributed by atoms with E-state index in [1.54, 1.807) is 24.4 Å². The van der Waals surface area contributed by atoms with E-state index >= 15 is 0 Å². The van der Waals surface area contributed by atoms with E-state index in [4.69, 9.17) is 4.74 Å². The Balaban J connectivity index is 1.70. The van der Waals surface area contributed by atoms with Crippen molar-refractivity contribution in [2.24, 2.45) is 0 Å². The maximum atomic E-state index is 13.5. The summed E-state index contributed by atoms with van der Waals surface area (Å²) in [5, 5.41) is 0. The highest BCUT2D eigenvalue weighted by Gasteiger charge is 2.38. The van der Waals surface area contributed by atoms with Gasteiger partial charge in [-0.3, -0.25) is 4.98 Å². The maximum absolute atomic E-state index is 13.5. The molecule has 0 N–H and O–H groups in total. The molecule has 0 fully saturated rings. The van der Waals surface area contributed by atoms with Crippen LogP contribution >= 0.6 is 0 Å². The summed E-state index contributed by atoms with van der Waals surface area (Å²) in [5.74, 6) is -0.839. The Morgan fingerprint density at radius 3 is 2.12 bits per heavy atom. The van der Waals surface area contributed by atoms with Crippen LogP contribution in [0.1, 0.15) is 58.9 Å². The van der Waals surface area contributed by atoms with Gasteiger partial charge in [-0.25, -0.2) is 4.39 Å². The summed E-state index contributed by atoms with van der Waals surface area (Å²) in [6, 6.07) is 10.8. The molecule has 1 aromatic heterocycles. The molecule has 0 spiro atoms. The number of rotatable bonds is 4. The number of benzene rings is 2. The first kappa shape index (κ1) is 24.2. The summed E-state index contributed by atoms with van der Waals surface area (Å²) < 4.78 is 99.4. The topological polar surface area (TPSA) is 22.1 Å². The Labute approximate surface area is 191 Å². The molecule has 0 aliphatic heterocycles. The smallest absolute Gasteiger partial charge is 0.370 e. The summed E-state index contributed by atoms with van der Waals surface area (Å²) in [5.41, 5.74) is -0.632. The van der Waals surface area contributed by atoms with Gasteiger partial charge >= 0.3 is 12.4 Å². The van der Waals surface area contributed by atoms with Crippen LogP contribution in [0, 0.1) is 5.82 Å². The Bertz CT molecular complexity index is 1120. The fourth-order valence-corrected chi connectivity index (χ4v) is 4.35. The van der Waals surface area contributed by atoms with E-state index in [1.807, 2.05) is 6.07 Å². The summed E-state index contributed by atoms with van der Waals surface area (Å²) >= 11 is 0. The Kier molecular flexibility index (Phi) is 6.42. The van der Waals surface area contributed by atoms with Gasteiger partial charge in [0.25, 0.3) is 0 Å². The van der Waals surface area contributed by atoms with Crippen molar-refractivity contribution in [3.63, 3.8) is 0 Å². The lowest BCUT2D eigenvalue weighted by Crippen LogP contribution is -2.30. The van der Waals surface area contributed by atoms with Gasteiger partial charge in [0.05, 0.1) is 23.3 Å². The minimum atomic E-state index is -4.94. The minimum absolute atomic E-state index is 0.0973. The van der Waals surface area contributed by atoms with Crippen molar-refractivity contribution in [1.82, 2.24) is 4.98 Å². The second-order valence-corrected chi connectivity index (χ2v) is 8.26. The zero-order valence-electron chi connectivity index (χ0n) is 17.9. The molecule has 3 atom stereocenters. The zero-order chi connectivity index (χ0) is 24.7. The van der Waals surface area contributed by atoms with Gasteiger partial charge in [-0.1, -0.05) is 18.2 Å². The predicted molar refractivity (Wildman–Crippen MR) is 111 cm³/mol. The molecule has 1 heterocycles. The van der Waals surface area contributed by atoms with E-state index in [-0.39, 0.29) is 11.6 Å². The fraction of sp³-hybridized carbons (Fsp3) is 0.320. The molecule has 1 aliphatic carbocycles. The Hall–Kier alpha value is -2.94. The first-order chi connectivity index (χ1) is 15.9. The van der Waals surface area contributed by atoms with Gasteiger partial charge in [-0.2, -0.15) is 26.3 Å². The molecular weight excluding hydrogens is 463 g/mol. The van der Waals surface area contributed by atoms with Gasteiger partial charge in [-0.15, -0.1) is 0 Å². The van der Waals surface area contributed by atoms with Crippen molar-refractivity contribution in [2.75, 3.05) is 0 Å². The number of hydrogen-bond acceptors (Lipinski definition) is 2. The molecule has 1 aliphatic rings. The predicted octanol–water partition coefficient (Wildman–Crippen LogP) is 7.48. The van der Waals surface area contributed by atoms with Crippen LogP contribution in [0.25, 0.3) is 0 Å². The number of alkyl halides is 6. The highest BCUT2D eigenvalue weighted by molar-refractivity contribution is 5.39. The molecule has 180 valence electrons. The van der Waals surface area contributed by atoms with Crippen LogP contribution in [0.5, 0.6) is 0 Å². The standard InChI is InChI=1S/C25H20F7NO/c1-14(16-11-17(24(27,28)29)13-18(12-16)25(30,31)32)34-22-9-8-21-20(3-2-10-33-21)23(22)15-4-6-19(26)7-5-15/h2-7,10-14,22-23H,8-9H2,1H3/t14-,22+,23+/m1/s1. The van der Waals surface area contributed by atoms with Crippen LogP contribution in [0.2, 0.25) is 0 Å². The van der Waals surface area contributed by atoms with Crippen molar-refractivity contribution in [3.8, 4) is 0 Å². The second kappa shape index (κ2) is 9.02. The number of fused-ring (bicyclic) bond motifs is 1. The molecule has 2 aromatic carbocycles. The minimum Gasteiger partial charge on any atom is -0.370 e. The molecule has 4 rings (SSSR count). The normalized spacial score (nSPS) is 19.5. The van der Waals surface area contributed by atoms with Crippen LogP contribution in [-0.2, 0) is 23.5 Å². The van der Waals surface area contributed by atoms with Crippen LogP contribution < -0.4 is 0 Å². The molecule has 3 aromatic rings. The lowest BCUT2D eigenvalue weighted by atomic mass is 9.78. The zero-order valence-corrected chi connectivity index (χ0v) is 17.9. The van der Waals surface area contributed by atoms with Crippen molar-refractivity contribution >= 4 is 0 Å². The summed E-state index contributed by atoms with van der Waals surface area (Å²) in [7, 11) is 0. The molecule has 9 heteroatoms. The summed E-state index contributed by atoms with van der Waals surface area (Å²) in [4.78, 5) is 4.38. The van der Waals surface area contributed by atoms with E-state index in [0.717, 1.165) is 11.3 Å². The summed E-state index contributed by atoms with van der Waals surface area (Å²) in [6.07, 6.45) is -8.89. The Morgan fingerprint density at radius 2 is 1.53 bits per heavy atom. The average molecular weight is 483 g/mol. The van der Waals surface area contributed by atoms with E-state index in [1.165, 1.54) is 19.1 Å². The van der Waals surface area contributed by atoms with Gasteiger partial charge in [0.1, 0.15) is 5.82 Å². The second-order valence-electron chi connectivity index (χ2n) is 8.26. The number of hydrogen-bond donors (Lipinski definition) is 0. The molecule has 2 nitrogen and oxygen atoms in total. The Morgan fingerprint density at radius 1 is 0.912 bits per heavy atom. The van der Waals surface area contributed by atoms with Crippen LogP contribution in [0.15, 0.2) is 60.8 Å². The van der Waals surface area contributed by atoms with Gasteiger partial charge in [0.15, 0.2) is 0 Å². The SMILES string of the molecule is C[C@@H](O[C@H]1CCc2ncccc2[C@@H]1c1ccc(F)cc1)c1cc(C(F)(F)F)cc(C(F)(F)F)c1. The monoisotopic (exact) mass is 483 g/mol. The average Bonchev–Trinajstić information content (AvgIpc) is 2.78. The largest absolute Gasteiger partial charge is 0.416 e. The van der Waals surface area contributed by atoms with Crippen LogP contribution in [0.3, 0.4) is 0 Å². The lowest BCUT2D eigenvalue weighted by molar-refractivity contribution is -0.143. The molecule has 0 unspecified atom stereocenters. The van der Waals surface area contributed by atoms with Gasteiger partial charge in [0, 0.05) is 17.8 Å². The van der Waals surface area contributed by atoms with Gasteiger partial charge < -0.3 is 4.74 Å². The molecule has 0 amide bonds. The lowest BCUT2D eigenvalue weighted by Gasteiger charge is -2.35. The number of aromatic nitrogens is 1. The highest BCUT2D eigenvalue weighted by atomic mass is 19.4. The maximum Gasteiger partial charge on any atom is 0.416 e. The molecule has 0 radical (unpaired) electrons. The van der Waals surface area contributed by atoms with Crippen molar-refractivity contribution in [1.29, 1.82) is 0 Å². The quantitative estimate of drug-likeness (QED) is 0.359. The van der Waals surface area contributed by atoms with Crippen molar-refractivity contribution in [3.05, 3.63) is 100 Å². The van der Waals surface area contributed by atoms with Crippen molar-refractivity contribution < 1.29 is 35.5 Å². The van der Waals surface area contributed by atoms with E-state index < -0.39 is 47.4 Å². The fourth-order valence-electron chi connectivity index (χ4n) is 4.35. The summed E-state index contributed by atoms with van der Waals surface area (Å²) in [6.45, 7) is 1.43. The third-order valence-corrected chi connectivity index (χ3v) is 5.99. The van der Waals surface area contributed by atoms with Gasteiger partial charge in [-0.05, 0) is 72.9 Å². The number of nitrogens with zero attached hydrogens (tertiary/aromatic N) is 1. The first-order valence-corrected chi connectivity index (χ1v) is 10.6. The van der Waals surface area contributed by atoms with Crippen molar-refractivity contribution in [2.45, 2.75) is 50.2 Å². The third-order valence-electron chi connectivity index (χ3n) is 5.99. The van der Waals surface area contributed by atoms with E-state index in [9.17, 15) is 30.7 Å². The van der Waals surface area contributed by atoms with Gasteiger partial charge in [0.2, 0.25) is 0 Å². The molecule has 34 heavy (non-hydrogen) atoms. The molecular formula is C25H20F7NO. The molecule has 0 bridgehead atoms. The highest BCUT2D eigenvalue weighted by Crippen LogP contribution is 2.42. The van der Waals surface area contributed by atoms with E-state index in [2.05, 4.69) is 4.98 Å². The molecule has 0 saturated carbocycles. The van der Waals surface area contributed by atoms with Crippen LogP contribution in [0.4, 0.5) is 30.7 Å². The molecule has 0 saturated heterocycles. The van der Waals surface area contributed by atoms with E-state index in [0.29, 0.717) is 30.5 Å². The number of aryl methyl sites for hydroxylation is 1. The number of halogens is 7. The number of pyridine rings is 1. The third kappa shape index (κ3) is 5.09.